The van der Waals surface area contributed by atoms with Crippen LogP contribution in [0.5, 0.6) is 0 Å². The SMILES string of the molecule is Cc1ccc2nc(C(=O)O)c(NC(=O)OC(C)(C)C)n2c1. The minimum Gasteiger partial charge on any atom is -0.476 e. The zero-order chi connectivity index (χ0) is 15.8. The first-order valence-corrected chi connectivity index (χ1v) is 6.39. The molecule has 0 aliphatic heterocycles. The van der Waals surface area contributed by atoms with Crippen molar-refractivity contribution in [2.45, 2.75) is 33.3 Å². The number of nitrogens with one attached hydrogen (secondary N) is 1. The van der Waals surface area contributed by atoms with Crippen molar-refractivity contribution in [2.24, 2.45) is 0 Å². The van der Waals surface area contributed by atoms with Gasteiger partial charge in [0.15, 0.2) is 11.5 Å². The first-order chi connectivity index (χ1) is 9.67. The van der Waals surface area contributed by atoms with Crippen molar-refractivity contribution < 1.29 is 19.4 Å². The fourth-order valence-electron chi connectivity index (χ4n) is 1.82. The standard InChI is InChI=1S/C14H17N3O4/c1-8-5-6-9-15-10(12(18)19)11(17(9)7-8)16-13(20)21-14(2,3)4/h5-7H,1-4H3,(H,16,20)(H,18,19). The van der Waals surface area contributed by atoms with E-state index >= 15 is 0 Å². The number of ether oxygens (including phenoxy) is 1. The number of aryl methyl sites for hydroxylation is 1. The summed E-state index contributed by atoms with van der Waals surface area (Å²) >= 11 is 0. The highest BCUT2D eigenvalue weighted by molar-refractivity contribution is 5.97. The number of rotatable bonds is 2. The highest BCUT2D eigenvalue weighted by Crippen LogP contribution is 2.20. The molecular weight excluding hydrogens is 274 g/mol. The Bertz CT molecular complexity index is 713. The van der Waals surface area contributed by atoms with Gasteiger partial charge in [0.1, 0.15) is 11.2 Å². The lowest BCUT2D eigenvalue weighted by atomic mass is 10.2. The van der Waals surface area contributed by atoms with Gasteiger partial charge < -0.3 is 9.84 Å². The van der Waals surface area contributed by atoms with Gasteiger partial charge in [0, 0.05) is 6.20 Å². The molecule has 0 aliphatic carbocycles. The number of hydrogen-bond donors (Lipinski definition) is 2. The molecule has 2 N–H and O–H groups in total. The topological polar surface area (TPSA) is 92.9 Å². The van der Waals surface area contributed by atoms with Gasteiger partial charge in [-0.2, -0.15) is 0 Å². The van der Waals surface area contributed by atoms with E-state index in [-0.39, 0.29) is 11.5 Å². The second-order valence-electron chi connectivity index (χ2n) is 5.68. The van der Waals surface area contributed by atoms with E-state index < -0.39 is 17.7 Å². The van der Waals surface area contributed by atoms with E-state index in [0.29, 0.717) is 5.65 Å². The predicted octanol–water partition coefficient (Wildman–Crippen LogP) is 2.69. The third-order valence-corrected chi connectivity index (χ3v) is 2.59. The average molecular weight is 291 g/mol. The zero-order valence-corrected chi connectivity index (χ0v) is 12.3. The molecule has 2 aromatic heterocycles. The summed E-state index contributed by atoms with van der Waals surface area (Å²) in [5.74, 6) is -1.14. The molecule has 7 heteroatoms. The second-order valence-corrected chi connectivity index (χ2v) is 5.68. The van der Waals surface area contributed by atoms with Crippen molar-refractivity contribution >= 4 is 23.5 Å². The summed E-state index contributed by atoms with van der Waals surface area (Å²) < 4.78 is 6.66. The zero-order valence-electron chi connectivity index (χ0n) is 12.3. The van der Waals surface area contributed by atoms with Gasteiger partial charge in [-0.1, -0.05) is 6.07 Å². The van der Waals surface area contributed by atoms with Crippen LogP contribution in [0, 0.1) is 6.92 Å². The molecule has 0 fully saturated rings. The Hall–Kier alpha value is -2.57. The van der Waals surface area contributed by atoms with E-state index in [4.69, 9.17) is 4.74 Å². The van der Waals surface area contributed by atoms with Crippen LogP contribution in [-0.4, -0.2) is 32.2 Å². The number of hydrogen-bond acceptors (Lipinski definition) is 4. The Labute approximate surface area is 121 Å². The molecule has 0 atom stereocenters. The summed E-state index contributed by atoms with van der Waals surface area (Å²) in [6.07, 6.45) is 0.967. The Morgan fingerprint density at radius 3 is 2.57 bits per heavy atom. The Kier molecular flexibility index (Phi) is 3.59. The van der Waals surface area contributed by atoms with Gasteiger partial charge in [0.25, 0.3) is 0 Å². The van der Waals surface area contributed by atoms with Gasteiger partial charge in [-0.3, -0.25) is 9.72 Å². The molecule has 21 heavy (non-hydrogen) atoms. The molecule has 0 saturated heterocycles. The molecule has 2 heterocycles. The summed E-state index contributed by atoms with van der Waals surface area (Å²) in [5, 5.41) is 11.7. The first-order valence-electron chi connectivity index (χ1n) is 6.39. The van der Waals surface area contributed by atoms with Crippen LogP contribution in [0.2, 0.25) is 0 Å². The Balaban J connectivity index is 2.45. The Morgan fingerprint density at radius 2 is 2.00 bits per heavy atom. The monoisotopic (exact) mass is 291 g/mol. The number of carboxylic acids is 1. The lowest BCUT2D eigenvalue weighted by Crippen LogP contribution is -2.28. The van der Waals surface area contributed by atoms with Crippen LogP contribution in [0.1, 0.15) is 36.8 Å². The van der Waals surface area contributed by atoms with E-state index in [1.165, 1.54) is 4.40 Å². The van der Waals surface area contributed by atoms with Crippen molar-refractivity contribution in [3.63, 3.8) is 0 Å². The summed E-state index contributed by atoms with van der Waals surface area (Å²) in [5.41, 5.74) is 0.434. The molecule has 0 aromatic carbocycles. The smallest absolute Gasteiger partial charge is 0.413 e. The molecule has 2 aromatic rings. The minimum absolute atomic E-state index is 0.0791. The predicted molar refractivity (Wildman–Crippen MR) is 76.7 cm³/mol. The molecule has 0 unspecified atom stereocenters. The first kappa shape index (κ1) is 14.8. The lowest BCUT2D eigenvalue weighted by Gasteiger charge is -2.19. The van der Waals surface area contributed by atoms with Gasteiger partial charge in [-0.15, -0.1) is 0 Å². The number of anilines is 1. The van der Waals surface area contributed by atoms with Crippen LogP contribution in [0.15, 0.2) is 18.3 Å². The number of pyridine rings is 1. The van der Waals surface area contributed by atoms with E-state index in [0.717, 1.165) is 5.56 Å². The van der Waals surface area contributed by atoms with Crippen molar-refractivity contribution in [3.05, 3.63) is 29.6 Å². The van der Waals surface area contributed by atoms with Gasteiger partial charge >= 0.3 is 12.1 Å². The van der Waals surface area contributed by atoms with E-state index in [1.807, 2.05) is 13.0 Å². The molecule has 0 spiro atoms. The largest absolute Gasteiger partial charge is 0.476 e. The van der Waals surface area contributed by atoms with Gasteiger partial charge in [-0.05, 0) is 39.3 Å². The van der Waals surface area contributed by atoms with E-state index in [9.17, 15) is 14.7 Å². The third kappa shape index (κ3) is 3.31. The van der Waals surface area contributed by atoms with Crippen LogP contribution in [-0.2, 0) is 4.74 Å². The van der Waals surface area contributed by atoms with Gasteiger partial charge in [-0.25, -0.2) is 14.6 Å². The van der Waals surface area contributed by atoms with Gasteiger partial charge in [0.2, 0.25) is 0 Å². The second kappa shape index (κ2) is 5.08. The number of amides is 1. The normalized spacial score (nSPS) is 11.4. The summed E-state index contributed by atoms with van der Waals surface area (Å²) in [6, 6.07) is 3.49. The van der Waals surface area contributed by atoms with E-state index in [2.05, 4.69) is 10.3 Å². The van der Waals surface area contributed by atoms with Gasteiger partial charge in [0.05, 0.1) is 0 Å². The minimum atomic E-state index is -1.22. The maximum Gasteiger partial charge on any atom is 0.413 e. The Morgan fingerprint density at radius 1 is 1.33 bits per heavy atom. The number of aromatic nitrogens is 2. The number of imidazole rings is 1. The molecule has 0 aliphatic rings. The number of aromatic carboxylic acids is 1. The fourth-order valence-corrected chi connectivity index (χ4v) is 1.82. The van der Waals surface area contributed by atoms with Crippen molar-refractivity contribution in [2.75, 3.05) is 5.32 Å². The van der Waals surface area contributed by atoms with Crippen molar-refractivity contribution in [1.29, 1.82) is 0 Å². The van der Waals surface area contributed by atoms with Crippen LogP contribution in [0.4, 0.5) is 10.6 Å². The molecule has 112 valence electrons. The average Bonchev–Trinajstić information content (AvgIpc) is 2.65. The number of carbonyl (C=O) groups excluding carboxylic acids is 1. The third-order valence-electron chi connectivity index (χ3n) is 2.59. The van der Waals surface area contributed by atoms with Crippen LogP contribution in [0.25, 0.3) is 5.65 Å². The highest BCUT2D eigenvalue weighted by atomic mass is 16.6. The quantitative estimate of drug-likeness (QED) is 0.887. The molecule has 0 radical (unpaired) electrons. The maximum absolute atomic E-state index is 11.9. The van der Waals surface area contributed by atoms with E-state index in [1.54, 1.807) is 33.0 Å². The molecule has 1 amide bonds. The maximum atomic E-state index is 11.9. The van der Waals surface area contributed by atoms with Crippen LogP contribution < -0.4 is 5.32 Å². The summed E-state index contributed by atoms with van der Waals surface area (Å²) in [4.78, 5) is 27.1. The highest BCUT2D eigenvalue weighted by Gasteiger charge is 2.23. The lowest BCUT2D eigenvalue weighted by molar-refractivity contribution is 0.0635. The number of fused-ring (bicyclic) bond motifs is 1. The van der Waals surface area contributed by atoms with Crippen molar-refractivity contribution in [1.82, 2.24) is 9.38 Å². The fraction of sp³-hybridized carbons (Fsp3) is 0.357. The molecule has 0 bridgehead atoms. The van der Waals surface area contributed by atoms with Crippen LogP contribution >= 0.6 is 0 Å². The summed E-state index contributed by atoms with van der Waals surface area (Å²) in [6.45, 7) is 7.03. The molecular formula is C14H17N3O4. The van der Waals surface area contributed by atoms with Crippen molar-refractivity contribution in [3.8, 4) is 0 Å². The number of nitrogens with zero attached hydrogens (tertiary/aromatic N) is 2. The molecule has 0 saturated carbocycles. The van der Waals surface area contributed by atoms with Crippen LogP contribution in [0.3, 0.4) is 0 Å². The number of carboxylic acid groups (broad SMARTS) is 1. The summed E-state index contributed by atoms with van der Waals surface area (Å²) in [7, 11) is 0. The molecule has 2 rings (SSSR count). The number of carbonyl (C=O) groups is 2. The molecule has 7 nitrogen and oxygen atoms in total.